The predicted octanol–water partition coefficient (Wildman–Crippen LogP) is 5.32. The first-order valence-electron chi connectivity index (χ1n) is 13.0. The van der Waals surface area contributed by atoms with Crippen molar-refractivity contribution in [2.75, 3.05) is 49.1 Å². The second-order valence-electron chi connectivity index (χ2n) is 9.73. The van der Waals surface area contributed by atoms with Gasteiger partial charge in [-0.2, -0.15) is 5.26 Å². The Morgan fingerprint density at radius 1 is 1.11 bits per heavy atom. The van der Waals surface area contributed by atoms with Crippen LogP contribution >= 0.6 is 11.3 Å². The van der Waals surface area contributed by atoms with Crippen LogP contribution in [0.25, 0.3) is 17.0 Å². The molecule has 0 aliphatic carbocycles. The number of piperazine rings is 1. The van der Waals surface area contributed by atoms with Crippen molar-refractivity contribution in [2.45, 2.75) is 34.1 Å². The number of hydrogen-bond acceptors (Lipinski definition) is 8. The van der Waals surface area contributed by atoms with Crippen molar-refractivity contribution in [2.24, 2.45) is 0 Å². The Bertz CT molecular complexity index is 1440. The summed E-state index contributed by atoms with van der Waals surface area (Å²) in [5, 5.41) is 10.5. The minimum Gasteiger partial charge on any atom is -0.367 e. The number of imidazole rings is 1. The monoisotopic (exact) mass is 531 g/mol. The van der Waals surface area contributed by atoms with Gasteiger partial charge in [0.2, 0.25) is 5.78 Å². The van der Waals surface area contributed by atoms with Gasteiger partial charge >= 0.3 is 0 Å². The summed E-state index contributed by atoms with van der Waals surface area (Å²) in [4.78, 5) is 21.9. The van der Waals surface area contributed by atoms with Crippen LogP contribution < -0.4 is 9.80 Å². The number of anilines is 3. The lowest BCUT2D eigenvalue weighted by Crippen LogP contribution is -2.47. The van der Waals surface area contributed by atoms with Gasteiger partial charge in [0.05, 0.1) is 17.6 Å². The van der Waals surface area contributed by atoms with Crippen LogP contribution in [-0.2, 0) is 6.42 Å². The zero-order valence-corrected chi connectivity index (χ0v) is 23.1. The van der Waals surface area contributed by atoms with E-state index in [0.717, 1.165) is 56.3 Å². The van der Waals surface area contributed by atoms with E-state index in [2.05, 4.69) is 59.1 Å². The molecule has 0 spiro atoms. The highest BCUT2D eigenvalue weighted by atomic mass is 32.1. The van der Waals surface area contributed by atoms with Crippen molar-refractivity contribution in [3.8, 4) is 17.3 Å². The quantitative estimate of drug-likeness (QED) is 0.305. The van der Waals surface area contributed by atoms with Crippen LogP contribution in [0.15, 0.2) is 36.7 Å². The maximum atomic E-state index is 13.5. The molecule has 5 rings (SSSR count). The number of rotatable bonds is 8. The average molecular weight is 532 g/mol. The second-order valence-corrected chi connectivity index (χ2v) is 10.7. The molecule has 1 fully saturated rings. The molecule has 1 aliphatic heterocycles. The number of hydrogen-bond donors (Lipinski definition) is 0. The molecule has 1 aromatic carbocycles. The van der Waals surface area contributed by atoms with Gasteiger partial charge < -0.3 is 9.80 Å². The largest absolute Gasteiger partial charge is 0.367 e. The molecule has 0 N–H and O–H groups in total. The van der Waals surface area contributed by atoms with Gasteiger partial charge in [-0.1, -0.05) is 32.1 Å². The topological polar surface area (TPSA) is 76.6 Å². The summed E-state index contributed by atoms with van der Waals surface area (Å²) in [6.07, 6.45) is 4.77. The number of aryl methyl sites for hydroxylation is 1. The summed E-state index contributed by atoms with van der Waals surface area (Å²) in [6.45, 7) is 14.1. The van der Waals surface area contributed by atoms with Crippen LogP contribution in [0.3, 0.4) is 0 Å². The first-order chi connectivity index (χ1) is 18.4. The summed E-state index contributed by atoms with van der Waals surface area (Å²) in [7, 11) is 0. The van der Waals surface area contributed by atoms with E-state index in [4.69, 9.17) is 15.0 Å². The Morgan fingerprint density at radius 3 is 2.47 bits per heavy atom. The van der Waals surface area contributed by atoms with Gasteiger partial charge in [-0.05, 0) is 43.5 Å². The number of thiazole rings is 1. The van der Waals surface area contributed by atoms with Gasteiger partial charge in [0.25, 0.3) is 0 Å². The van der Waals surface area contributed by atoms with E-state index >= 15 is 0 Å². The third-order valence-corrected chi connectivity index (χ3v) is 7.74. The smallest absolute Gasteiger partial charge is 0.235 e. The molecule has 8 nitrogen and oxygen atoms in total. The van der Waals surface area contributed by atoms with Crippen LogP contribution in [0.2, 0.25) is 0 Å². The third-order valence-electron chi connectivity index (χ3n) is 6.76. The first-order valence-corrected chi connectivity index (χ1v) is 13.8. The molecule has 4 heterocycles. The minimum atomic E-state index is -0.320. The molecule has 1 saturated heterocycles. The molecular formula is C28H32FN8S. The molecular weight excluding hydrogens is 499 g/mol. The average Bonchev–Trinajstić information content (AvgIpc) is 3.51. The standard InChI is InChI=1S/C28H32FN8S/c1-5-23-26(36(6-2)28-33-25(24(15-30)38-28)20-7-9-21(29)10-8-20)37-18-22(16-31-27(37)32-23)35-13-11-34(12-14-35)17-19(3)4/h7-10,16,18H,5-6,11-14,17H2,1-4H3. The van der Waals surface area contributed by atoms with E-state index in [0.29, 0.717) is 33.6 Å². The van der Waals surface area contributed by atoms with Crippen molar-refractivity contribution in [3.05, 3.63) is 59.0 Å². The summed E-state index contributed by atoms with van der Waals surface area (Å²) >= 11 is 1.33. The van der Waals surface area contributed by atoms with Gasteiger partial charge in [-0.3, -0.25) is 9.30 Å². The third kappa shape index (κ3) is 5.08. The normalized spacial score (nSPS) is 14.4. The van der Waals surface area contributed by atoms with Gasteiger partial charge in [0, 0.05) is 51.0 Å². The molecule has 197 valence electrons. The molecule has 1 aliphatic rings. The molecule has 10 heteroatoms. The maximum absolute atomic E-state index is 13.5. The summed E-state index contributed by atoms with van der Waals surface area (Å²) < 4.78 is 15.6. The van der Waals surface area contributed by atoms with Crippen LogP contribution in [0, 0.1) is 23.1 Å². The number of benzene rings is 1. The molecule has 0 saturated carbocycles. The molecule has 38 heavy (non-hydrogen) atoms. The van der Waals surface area contributed by atoms with Crippen molar-refractivity contribution in [1.29, 1.82) is 5.26 Å². The van der Waals surface area contributed by atoms with Gasteiger partial charge in [-0.25, -0.2) is 19.3 Å². The number of halogens is 1. The fraction of sp³-hybridized carbons (Fsp3) is 0.393. The van der Waals surface area contributed by atoms with Crippen LogP contribution in [-0.4, -0.2) is 63.5 Å². The highest BCUT2D eigenvalue weighted by molar-refractivity contribution is 7.16. The molecule has 0 atom stereocenters. The lowest BCUT2D eigenvalue weighted by atomic mass is 10.1. The van der Waals surface area contributed by atoms with Crippen LogP contribution in [0.1, 0.15) is 38.3 Å². The maximum Gasteiger partial charge on any atom is 0.235 e. The van der Waals surface area contributed by atoms with E-state index in [1.165, 1.54) is 29.4 Å². The van der Waals surface area contributed by atoms with Crippen LogP contribution in [0.4, 0.5) is 21.0 Å². The Balaban J connectivity index is 1.51. The summed E-state index contributed by atoms with van der Waals surface area (Å²) in [5.41, 5.74) is 3.27. The van der Waals surface area contributed by atoms with E-state index < -0.39 is 0 Å². The zero-order valence-electron chi connectivity index (χ0n) is 22.3. The molecule has 0 amide bonds. The Hall–Kier alpha value is -3.55. The number of nitrogens with zero attached hydrogens (tertiary/aromatic N) is 8. The first kappa shape index (κ1) is 26.1. The molecule has 4 aromatic rings. The van der Waals surface area contributed by atoms with Gasteiger partial charge in [0.15, 0.2) is 5.13 Å². The van der Waals surface area contributed by atoms with E-state index in [1.54, 1.807) is 12.1 Å². The van der Waals surface area contributed by atoms with E-state index in [9.17, 15) is 9.65 Å². The zero-order chi connectivity index (χ0) is 26.8. The van der Waals surface area contributed by atoms with E-state index in [-0.39, 0.29) is 5.82 Å². The van der Waals surface area contributed by atoms with Gasteiger partial charge in [0.1, 0.15) is 28.3 Å². The summed E-state index contributed by atoms with van der Waals surface area (Å²) in [6, 6.07) is 8.37. The lowest BCUT2D eigenvalue weighted by Gasteiger charge is -2.36. The second kappa shape index (κ2) is 11.1. The lowest BCUT2D eigenvalue weighted by molar-refractivity contribution is 0.267. The SMILES string of the molecule is CCc1nc2ncc(N3CCN(C[C](C)C)CC3)cn2c1N(CC)c1nc(-c2ccc(F)cc2)c(C#N)s1. The number of nitriles is 1. The highest BCUT2D eigenvalue weighted by Crippen LogP contribution is 2.37. The Labute approximate surface area is 227 Å². The number of aromatic nitrogens is 4. The molecule has 0 bridgehead atoms. The van der Waals surface area contributed by atoms with Crippen LogP contribution in [0.5, 0.6) is 0 Å². The fourth-order valence-corrected chi connectivity index (χ4v) is 5.89. The molecule has 3 aromatic heterocycles. The van der Waals surface area contributed by atoms with Crippen molar-refractivity contribution >= 4 is 33.8 Å². The number of fused-ring (bicyclic) bond motifs is 1. The fourth-order valence-electron chi connectivity index (χ4n) is 4.93. The predicted molar refractivity (Wildman–Crippen MR) is 151 cm³/mol. The Kier molecular flexibility index (Phi) is 7.58. The van der Waals surface area contributed by atoms with Crippen molar-refractivity contribution in [1.82, 2.24) is 24.3 Å². The minimum absolute atomic E-state index is 0.320. The van der Waals surface area contributed by atoms with Gasteiger partial charge in [-0.15, -0.1) is 0 Å². The highest BCUT2D eigenvalue weighted by Gasteiger charge is 2.25. The van der Waals surface area contributed by atoms with Crippen molar-refractivity contribution in [3.63, 3.8) is 0 Å². The van der Waals surface area contributed by atoms with E-state index in [1.807, 2.05) is 6.20 Å². The summed E-state index contributed by atoms with van der Waals surface area (Å²) in [5.74, 6) is 2.67. The molecule has 0 unspecified atom stereocenters. The van der Waals surface area contributed by atoms with Crippen molar-refractivity contribution < 1.29 is 4.39 Å². The molecule has 1 radical (unpaired) electrons. The Morgan fingerprint density at radius 2 is 1.84 bits per heavy atom.